The number of hydrogen-bond acceptors (Lipinski definition) is 4. The minimum absolute atomic E-state index is 0.158. The van der Waals surface area contributed by atoms with Gasteiger partial charge < -0.3 is 20.2 Å². The smallest absolute Gasteiger partial charge is 0.254 e. The molecule has 0 spiro atoms. The highest BCUT2D eigenvalue weighted by atomic mass is 16.3. The van der Waals surface area contributed by atoms with Crippen molar-refractivity contribution < 1.29 is 20.1 Å². The van der Waals surface area contributed by atoms with Crippen LogP contribution in [0.4, 0.5) is 0 Å². The largest absolute Gasteiger partial charge is 0.395 e. The Hall–Kier alpha value is -1.87. The number of aliphatic hydroxyl groups is 3. The topological polar surface area (TPSA) is 81.0 Å². The zero-order valence-electron chi connectivity index (χ0n) is 11.5. The molecule has 0 saturated heterocycles. The molecule has 5 heteroatoms. The average molecular weight is 277 g/mol. The van der Waals surface area contributed by atoms with E-state index in [0.717, 1.165) is 5.56 Å². The first-order valence-electron chi connectivity index (χ1n) is 6.35. The van der Waals surface area contributed by atoms with Crippen LogP contribution in [0.2, 0.25) is 0 Å². The van der Waals surface area contributed by atoms with Crippen molar-refractivity contribution in [2.24, 2.45) is 0 Å². The highest BCUT2D eigenvalue weighted by Crippen LogP contribution is 2.13. The lowest BCUT2D eigenvalue weighted by Gasteiger charge is -2.21. The minimum atomic E-state index is -0.252. The molecule has 0 bridgehead atoms. The van der Waals surface area contributed by atoms with E-state index in [9.17, 15) is 4.79 Å². The van der Waals surface area contributed by atoms with Crippen LogP contribution in [-0.2, 0) is 0 Å². The fourth-order valence-corrected chi connectivity index (χ4v) is 1.80. The summed E-state index contributed by atoms with van der Waals surface area (Å²) >= 11 is 0. The molecule has 3 N–H and O–H groups in total. The van der Waals surface area contributed by atoms with E-state index < -0.39 is 0 Å². The Bertz CT molecular complexity index is 510. The van der Waals surface area contributed by atoms with Crippen LogP contribution in [-0.4, -0.2) is 59.0 Å². The first kappa shape index (κ1) is 16.2. The Morgan fingerprint density at radius 2 is 1.85 bits per heavy atom. The predicted molar refractivity (Wildman–Crippen MR) is 75.2 cm³/mol. The Labute approximate surface area is 118 Å². The third-order valence-corrected chi connectivity index (χ3v) is 2.81. The number of hydrogen-bond donors (Lipinski definition) is 3. The summed E-state index contributed by atoms with van der Waals surface area (Å²) in [5.41, 5.74) is 1.92. The van der Waals surface area contributed by atoms with Gasteiger partial charge in [-0.05, 0) is 24.6 Å². The van der Waals surface area contributed by atoms with Gasteiger partial charge in [0.25, 0.3) is 5.91 Å². The molecule has 5 nitrogen and oxygen atoms in total. The molecule has 0 aliphatic rings. The number of aliphatic hydroxyl groups excluding tert-OH is 3. The first-order valence-corrected chi connectivity index (χ1v) is 6.35. The zero-order valence-corrected chi connectivity index (χ0v) is 11.5. The molecule has 108 valence electrons. The number of benzene rings is 1. The van der Waals surface area contributed by atoms with E-state index in [1.807, 2.05) is 6.92 Å². The van der Waals surface area contributed by atoms with E-state index >= 15 is 0 Å². The van der Waals surface area contributed by atoms with Crippen LogP contribution in [0.25, 0.3) is 0 Å². The molecule has 1 amide bonds. The summed E-state index contributed by atoms with van der Waals surface area (Å²) in [5.74, 6) is 5.03. The standard InChI is InChI=1S/C15H19NO4/c1-12-4-5-13(3-2-8-17)11-14(12)15(20)16(6-9-18)7-10-19/h4-5,11,17-19H,6-10H2,1H3. The van der Waals surface area contributed by atoms with E-state index in [0.29, 0.717) is 11.1 Å². The second-order valence-corrected chi connectivity index (χ2v) is 4.23. The van der Waals surface area contributed by atoms with Gasteiger partial charge in [0.15, 0.2) is 0 Å². The van der Waals surface area contributed by atoms with Crippen molar-refractivity contribution in [3.05, 3.63) is 34.9 Å². The number of carbonyl (C=O) groups excluding carboxylic acids is 1. The molecule has 1 aromatic carbocycles. The lowest BCUT2D eigenvalue weighted by atomic mass is 10.0. The zero-order chi connectivity index (χ0) is 15.0. The van der Waals surface area contributed by atoms with Gasteiger partial charge in [0.2, 0.25) is 0 Å². The maximum atomic E-state index is 12.4. The van der Waals surface area contributed by atoms with Crippen molar-refractivity contribution >= 4 is 5.91 Å². The minimum Gasteiger partial charge on any atom is -0.395 e. The summed E-state index contributed by atoms with van der Waals surface area (Å²) in [7, 11) is 0. The van der Waals surface area contributed by atoms with Gasteiger partial charge in [-0.1, -0.05) is 17.9 Å². The van der Waals surface area contributed by atoms with Crippen molar-refractivity contribution in [2.75, 3.05) is 32.9 Å². The van der Waals surface area contributed by atoms with Gasteiger partial charge in [0, 0.05) is 24.2 Å². The van der Waals surface area contributed by atoms with Gasteiger partial charge in [-0.25, -0.2) is 0 Å². The van der Waals surface area contributed by atoms with Gasteiger partial charge in [-0.15, -0.1) is 0 Å². The molecule has 0 aromatic heterocycles. The summed E-state index contributed by atoms with van der Waals surface area (Å²) in [6, 6.07) is 5.21. The van der Waals surface area contributed by atoms with E-state index in [4.69, 9.17) is 15.3 Å². The Kier molecular flexibility index (Phi) is 6.74. The Morgan fingerprint density at radius 1 is 1.20 bits per heavy atom. The highest BCUT2D eigenvalue weighted by Gasteiger charge is 2.17. The monoisotopic (exact) mass is 277 g/mol. The summed E-state index contributed by atoms with van der Waals surface area (Å²) in [6.45, 7) is 1.60. The second-order valence-electron chi connectivity index (χ2n) is 4.23. The van der Waals surface area contributed by atoms with Gasteiger partial charge in [0.1, 0.15) is 6.61 Å². The molecular formula is C15H19NO4. The number of aryl methyl sites for hydroxylation is 1. The SMILES string of the molecule is Cc1ccc(C#CCO)cc1C(=O)N(CCO)CCO. The summed E-state index contributed by atoms with van der Waals surface area (Å²) in [6.07, 6.45) is 0. The molecule has 0 fully saturated rings. The quantitative estimate of drug-likeness (QED) is 0.649. The van der Waals surface area contributed by atoms with Crippen LogP contribution >= 0.6 is 0 Å². The fourth-order valence-electron chi connectivity index (χ4n) is 1.80. The summed E-state index contributed by atoms with van der Waals surface area (Å²) < 4.78 is 0. The van der Waals surface area contributed by atoms with Crippen LogP contribution in [0, 0.1) is 18.8 Å². The van der Waals surface area contributed by atoms with Gasteiger partial charge in [0.05, 0.1) is 13.2 Å². The van der Waals surface area contributed by atoms with Crippen LogP contribution in [0.3, 0.4) is 0 Å². The number of rotatable bonds is 5. The van der Waals surface area contributed by atoms with Crippen molar-refractivity contribution in [3.8, 4) is 11.8 Å². The van der Waals surface area contributed by atoms with E-state index in [1.165, 1.54) is 4.90 Å². The van der Waals surface area contributed by atoms with E-state index in [1.54, 1.807) is 18.2 Å². The molecule has 20 heavy (non-hydrogen) atoms. The third-order valence-electron chi connectivity index (χ3n) is 2.81. The lowest BCUT2D eigenvalue weighted by molar-refractivity contribution is 0.0684. The normalized spacial score (nSPS) is 9.80. The van der Waals surface area contributed by atoms with Crippen molar-refractivity contribution in [3.63, 3.8) is 0 Å². The Balaban J connectivity index is 3.06. The molecule has 0 atom stereocenters. The average Bonchev–Trinajstić information content (AvgIpc) is 2.45. The lowest BCUT2D eigenvalue weighted by Crippen LogP contribution is -2.36. The van der Waals surface area contributed by atoms with E-state index in [2.05, 4.69) is 11.8 Å². The second kappa shape index (κ2) is 8.33. The van der Waals surface area contributed by atoms with Crippen LogP contribution < -0.4 is 0 Å². The van der Waals surface area contributed by atoms with E-state index in [-0.39, 0.29) is 38.8 Å². The van der Waals surface area contributed by atoms with Crippen molar-refractivity contribution in [1.82, 2.24) is 4.90 Å². The van der Waals surface area contributed by atoms with Crippen LogP contribution in [0.5, 0.6) is 0 Å². The summed E-state index contributed by atoms with van der Waals surface area (Å²) in [4.78, 5) is 13.8. The highest BCUT2D eigenvalue weighted by molar-refractivity contribution is 5.96. The molecule has 0 aliphatic carbocycles. The molecule has 1 rings (SSSR count). The first-order chi connectivity index (χ1) is 9.63. The van der Waals surface area contributed by atoms with Gasteiger partial charge in [-0.3, -0.25) is 4.79 Å². The molecule has 0 saturated carbocycles. The van der Waals surface area contributed by atoms with Crippen molar-refractivity contribution in [1.29, 1.82) is 0 Å². The maximum absolute atomic E-state index is 12.4. The molecule has 0 radical (unpaired) electrons. The Morgan fingerprint density at radius 3 is 2.40 bits per heavy atom. The van der Waals surface area contributed by atoms with Gasteiger partial charge >= 0.3 is 0 Å². The van der Waals surface area contributed by atoms with Crippen LogP contribution in [0.1, 0.15) is 21.5 Å². The summed E-state index contributed by atoms with van der Waals surface area (Å²) in [5, 5.41) is 26.6. The maximum Gasteiger partial charge on any atom is 0.254 e. The number of carbonyl (C=O) groups is 1. The molecular weight excluding hydrogens is 258 g/mol. The van der Waals surface area contributed by atoms with Gasteiger partial charge in [-0.2, -0.15) is 0 Å². The fraction of sp³-hybridized carbons (Fsp3) is 0.400. The predicted octanol–water partition coefficient (Wildman–Crippen LogP) is -0.234. The molecule has 0 aliphatic heterocycles. The van der Waals surface area contributed by atoms with Crippen molar-refractivity contribution in [2.45, 2.75) is 6.92 Å². The molecule has 1 aromatic rings. The third kappa shape index (κ3) is 4.35. The number of amides is 1. The number of nitrogens with zero attached hydrogens (tertiary/aromatic N) is 1. The molecule has 0 heterocycles. The van der Waals surface area contributed by atoms with Crippen LogP contribution in [0.15, 0.2) is 18.2 Å². The molecule has 0 unspecified atom stereocenters.